The molecule has 0 saturated carbocycles. The average molecular weight is 407 g/mol. The van der Waals surface area contributed by atoms with Crippen LogP contribution in [0.25, 0.3) is 11.1 Å². The minimum absolute atomic E-state index is 0.0113. The van der Waals surface area contributed by atoms with Gasteiger partial charge in [0.1, 0.15) is 30.2 Å². The third-order valence-electron chi connectivity index (χ3n) is 3.93. The van der Waals surface area contributed by atoms with Gasteiger partial charge in [-0.25, -0.2) is 4.79 Å². The molecule has 1 heterocycles. The highest BCUT2D eigenvalue weighted by atomic mass is 19.4. The maximum Gasteiger partial charge on any atom is 0.433 e. The Kier molecular flexibility index (Phi) is 7.04. The Hall–Kier alpha value is -3.28. The molecule has 0 aliphatic rings. The number of alkyl halides is 3. The van der Waals surface area contributed by atoms with Gasteiger partial charge in [0.25, 0.3) is 0 Å². The Balaban J connectivity index is 2.23. The molecule has 2 rings (SSSR count). The number of benzene rings is 1. The predicted octanol–water partition coefficient (Wildman–Crippen LogP) is 4.53. The fraction of sp³-hybridized carbons (Fsp3) is 0.350. The molecule has 6 nitrogen and oxygen atoms in total. The first-order valence-electron chi connectivity index (χ1n) is 8.76. The molecule has 1 atom stereocenters. The van der Waals surface area contributed by atoms with Crippen molar-refractivity contribution in [1.82, 2.24) is 4.98 Å². The summed E-state index contributed by atoms with van der Waals surface area (Å²) in [5.41, 5.74) is 4.86. The van der Waals surface area contributed by atoms with E-state index in [0.29, 0.717) is 12.0 Å². The van der Waals surface area contributed by atoms with Crippen LogP contribution < -0.4 is 10.5 Å². The summed E-state index contributed by atoms with van der Waals surface area (Å²) < 4.78 is 49.2. The first-order chi connectivity index (χ1) is 13.6. The number of halogens is 3. The number of pyridine rings is 1. The van der Waals surface area contributed by atoms with Crippen LogP contribution in [0, 0.1) is 17.2 Å². The van der Waals surface area contributed by atoms with E-state index in [1.54, 1.807) is 0 Å². The lowest BCUT2D eigenvalue weighted by Gasteiger charge is -2.19. The average Bonchev–Trinajstić information content (AvgIpc) is 2.64. The van der Waals surface area contributed by atoms with E-state index in [4.69, 9.17) is 15.2 Å². The van der Waals surface area contributed by atoms with Gasteiger partial charge in [-0.1, -0.05) is 19.9 Å². The summed E-state index contributed by atoms with van der Waals surface area (Å²) in [7, 11) is 0. The predicted molar refractivity (Wildman–Crippen MR) is 98.8 cm³/mol. The van der Waals surface area contributed by atoms with E-state index in [2.05, 4.69) is 4.98 Å². The smallest absolute Gasteiger partial charge is 0.433 e. The van der Waals surface area contributed by atoms with Crippen molar-refractivity contribution in [3.63, 3.8) is 0 Å². The Morgan fingerprint density at radius 3 is 2.52 bits per heavy atom. The summed E-state index contributed by atoms with van der Waals surface area (Å²) in [5, 5.41) is 9.40. The molecule has 2 aromatic rings. The fourth-order valence-electron chi connectivity index (χ4n) is 2.71. The van der Waals surface area contributed by atoms with Crippen LogP contribution in [0.5, 0.6) is 5.75 Å². The molecule has 0 spiro atoms. The zero-order valence-electron chi connectivity index (χ0n) is 15.9. The van der Waals surface area contributed by atoms with Crippen LogP contribution in [0.2, 0.25) is 0 Å². The van der Waals surface area contributed by atoms with Crippen molar-refractivity contribution in [2.24, 2.45) is 11.7 Å². The topological polar surface area (TPSA) is 98.2 Å². The van der Waals surface area contributed by atoms with Crippen LogP contribution in [0.15, 0.2) is 36.5 Å². The van der Waals surface area contributed by atoms with Gasteiger partial charge < -0.3 is 15.2 Å². The minimum atomic E-state index is -4.57. The minimum Gasteiger partial charge on any atom is -0.488 e. The lowest BCUT2D eigenvalue weighted by molar-refractivity contribution is -0.141. The molecule has 1 unspecified atom stereocenters. The second kappa shape index (κ2) is 9.28. The van der Waals surface area contributed by atoms with E-state index in [-0.39, 0.29) is 29.4 Å². The molecule has 0 aliphatic heterocycles. The Morgan fingerprint density at radius 2 is 1.93 bits per heavy atom. The van der Waals surface area contributed by atoms with E-state index in [9.17, 15) is 23.2 Å². The molecular weight excluding hydrogens is 387 g/mol. The third-order valence-corrected chi connectivity index (χ3v) is 3.93. The summed E-state index contributed by atoms with van der Waals surface area (Å²) >= 11 is 0. The normalized spacial score (nSPS) is 12.3. The highest BCUT2D eigenvalue weighted by Crippen LogP contribution is 2.32. The van der Waals surface area contributed by atoms with Crippen molar-refractivity contribution in [2.45, 2.75) is 32.5 Å². The summed E-state index contributed by atoms with van der Waals surface area (Å²) in [5.74, 6) is 0.443. The number of aromatic nitrogens is 1. The number of carbonyl (C=O) groups excluding carboxylic acids is 1. The molecular formula is C20H20F3N3O3. The van der Waals surface area contributed by atoms with Gasteiger partial charge in [0.2, 0.25) is 0 Å². The lowest BCUT2D eigenvalue weighted by Crippen LogP contribution is -2.29. The molecule has 9 heteroatoms. The number of amides is 1. The lowest BCUT2D eigenvalue weighted by atomic mass is 10.0. The largest absolute Gasteiger partial charge is 0.488 e. The van der Waals surface area contributed by atoms with E-state index in [0.717, 1.165) is 12.3 Å². The molecule has 1 aromatic carbocycles. The molecule has 0 radical (unpaired) electrons. The van der Waals surface area contributed by atoms with Crippen LogP contribution in [0.4, 0.5) is 18.0 Å². The number of hydrogen-bond donors (Lipinski definition) is 1. The summed E-state index contributed by atoms with van der Waals surface area (Å²) in [6.45, 7) is 3.87. The molecule has 0 bridgehead atoms. The number of nitriles is 1. The van der Waals surface area contributed by atoms with Gasteiger partial charge in [-0.05, 0) is 47.7 Å². The van der Waals surface area contributed by atoms with Crippen LogP contribution in [-0.4, -0.2) is 23.8 Å². The van der Waals surface area contributed by atoms with Gasteiger partial charge in [0.15, 0.2) is 0 Å². The molecule has 0 saturated heterocycles. The summed E-state index contributed by atoms with van der Waals surface area (Å²) in [6, 6.07) is 8.75. The first-order valence-corrected chi connectivity index (χ1v) is 8.76. The van der Waals surface area contributed by atoms with E-state index < -0.39 is 24.1 Å². The molecule has 0 fully saturated rings. The Labute approximate surface area is 166 Å². The molecule has 154 valence electrons. The standard InChI is InChI=1S/C20H20F3N3O3/c1-12(2)7-16(29-19(25)27)11-28-17-4-3-13(8-15(17)10-24)14-5-6-26-18(9-14)20(21,22)23/h3-6,8-9,12,16H,7,11H2,1-2H3,(H2,25,27). The Morgan fingerprint density at radius 1 is 1.24 bits per heavy atom. The van der Waals surface area contributed by atoms with Crippen molar-refractivity contribution in [1.29, 1.82) is 5.26 Å². The van der Waals surface area contributed by atoms with E-state index in [1.165, 1.54) is 24.3 Å². The second-order valence-electron chi connectivity index (χ2n) is 6.75. The van der Waals surface area contributed by atoms with Gasteiger partial charge in [-0.2, -0.15) is 18.4 Å². The van der Waals surface area contributed by atoms with Crippen molar-refractivity contribution >= 4 is 6.09 Å². The van der Waals surface area contributed by atoms with E-state index in [1.807, 2.05) is 19.9 Å². The van der Waals surface area contributed by atoms with Crippen LogP contribution in [0.1, 0.15) is 31.5 Å². The number of nitrogens with zero attached hydrogens (tertiary/aromatic N) is 2. The van der Waals surface area contributed by atoms with Crippen molar-refractivity contribution in [3.8, 4) is 22.9 Å². The van der Waals surface area contributed by atoms with Gasteiger partial charge in [0.05, 0.1) is 5.56 Å². The summed E-state index contributed by atoms with van der Waals surface area (Å²) in [6.07, 6.45) is -4.50. The van der Waals surface area contributed by atoms with Crippen LogP contribution >= 0.6 is 0 Å². The number of rotatable bonds is 7. The van der Waals surface area contributed by atoms with Gasteiger partial charge in [-0.15, -0.1) is 0 Å². The first kappa shape index (κ1) is 22.0. The second-order valence-corrected chi connectivity index (χ2v) is 6.75. The number of carbonyl (C=O) groups is 1. The number of ether oxygens (including phenoxy) is 2. The van der Waals surface area contributed by atoms with Gasteiger partial charge >= 0.3 is 12.3 Å². The zero-order valence-corrected chi connectivity index (χ0v) is 15.9. The zero-order chi connectivity index (χ0) is 21.6. The van der Waals surface area contributed by atoms with Gasteiger partial charge in [-0.3, -0.25) is 4.98 Å². The van der Waals surface area contributed by atoms with Crippen molar-refractivity contribution in [2.75, 3.05) is 6.61 Å². The molecule has 2 N–H and O–H groups in total. The third kappa shape index (κ3) is 6.38. The molecule has 1 amide bonds. The highest BCUT2D eigenvalue weighted by molar-refractivity contribution is 5.67. The number of hydrogen-bond acceptors (Lipinski definition) is 5. The maximum atomic E-state index is 12.9. The quantitative estimate of drug-likeness (QED) is 0.727. The van der Waals surface area contributed by atoms with Crippen LogP contribution in [-0.2, 0) is 10.9 Å². The number of nitrogens with two attached hydrogens (primary N) is 1. The molecule has 1 aromatic heterocycles. The van der Waals surface area contributed by atoms with Gasteiger partial charge in [0, 0.05) is 6.20 Å². The van der Waals surface area contributed by atoms with Crippen molar-refractivity contribution < 1.29 is 27.4 Å². The van der Waals surface area contributed by atoms with Crippen LogP contribution in [0.3, 0.4) is 0 Å². The number of primary amides is 1. The fourth-order valence-corrected chi connectivity index (χ4v) is 2.71. The van der Waals surface area contributed by atoms with E-state index >= 15 is 0 Å². The molecule has 29 heavy (non-hydrogen) atoms. The monoisotopic (exact) mass is 407 g/mol. The van der Waals surface area contributed by atoms with Crippen molar-refractivity contribution in [3.05, 3.63) is 47.8 Å². The summed E-state index contributed by atoms with van der Waals surface area (Å²) in [4.78, 5) is 14.4. The Bertz CT molecular complexity index is 908. The molecule has 0 aliphatic carbocycles. The SMILES string of the molecule is CC(C)CC(COc1ccc(-c2ccnc(C(F)(F)F)c2)cc1C#N)OC(N)=O. The maximum absolute atomic E-state index is 12.9. The highest BCUT2D eigenvalue weighted by Gasteiger charge is 2.32.